The molecule has 0 fully saturated rings. The van der Waals surface area contributed by atoms with E-state index in [0.29, 0.717) is 0 Å². The summed E-state index contributed by atoms with van der Waals surface area (Å²) in [6.07, 6.45) is 3.32. The molecule has 0 aliphatic heterocycles. The van der Waals surface area contributed by atoms with Gasteiger partial charge in [0.15, 0.2) is 0 Å². The second-order valence-corrected chi connectivity index (χ2v) is 3.92. The first kappa shape index (κ1) is 7.70. The van der Waals surface area contributed by atoms with Crippen LogP contribution in [0.5, 0.6) is 0 Å². The smallest absolute Gasteiger partial charge is 0.266 e. The van der Waals surface area contributed by atoms with Crippen molar-refractivity contribution in [1.29, 1.82) is 0 Å². The van der Waals surface area contributed by atoms with Crippen molar-refractivity contribution in [3.05, 3.63) is 46.5 Å². The third-order valence-corrected chi connectivity index (χ3v) is 3.17. The summed E-state index contributed by atoms with van der Waals surface area (Å²) in [4.78, 5) is 15.1. The van der Waals surface area contributed by atoms with E-state index in [9.17, 15) is 4.79 Å². The van der Waals surface area contributed by atoms with E-state index in [4.69, 9.17) is 0 Å². The fourth-order valence-corrected chi connectivity index (χ4v) is 2.47. The Kier molecular flexibility index (Phi) is 1.46. The molecule has 3 nitrogen and oxygen atoms in total. The molecule has 0 aliphatic rings. The Morgan fingerprint density at radius 2 is 2.21 bits per heavy atom. The number of aromatic nitrogens is 2. The zero-order valence-corrected chi connectivity index (χ0v) is 7.99. The molecule has 3 aromatic rings. The van der Waals surface area contributed by atoms with Gasteiger partial charge < -0.3 is 0 Å². The molecule has 0 spiro atoms. The van der Waals surface area contributed by atoms with Gasteiger partial charge in [-0.2, -0.15) is 0 Å². The minimum atomic E-state index is -0.224. The molecule has 0 amide bonds. The lowest BCUT2D eigenvalue weighted by Crippen LogP contribution is -2.15. The van der Waals surface area contributed by atoms with Gasteiger partial charge in [-0.1, -0.05) is 0 Å². The molecule has 3 heterocycles. The fourth-order valence-electron chi connectivity index (χ4n) is 1.56. The molecule has 4 heteroatoms. The van der Waals surface area contributed by atoms with Crippen LogP contribution in [0.1, 0.15) is 0 Å². The quantitative estimate of drug-likeness (QED) is 0.558. The van der Waals surface area contributed by atoms with Gasteiger partial charge >= 0.3 is 5.69 Å². The predicted molar refractivity (Wildman–Crippen MR) is 56.8 cm³/mol. The molecule has 0 bridgehead atoms. The Labute approximate surface area is 83.3 Å². The Balaban J connectivity index is 2.71. The molecule has 0 aliphatic carbocycles. The number of rotatable bonds is 0. The average Bonchev–Trinajstić information content (AvgIpc) is 2.66. The normalized spacial score (nSPS) is 11.1. The van der Waals surface area contributed by atoms with Crippen LogP contribution in [0.25, 0.3) is 15.6 Å². The number of nitrogens with zero attached hydrogens (tertiary/aromatic N) is 2. The summed E-state index contributed by atoms with van der Waals surface area (Å²) in [5.41, 5.74) is 0.704. The van der Waals surface area contributed by atoms with Gasteiger partial charge in [-0.15, -0.1) is 11.3 Å². The number of hydrogen-bond acceptors (Lipinski definition) is 3. The van der Waals surface area contributed by atoms with E-state index in [1.54, 1.807) is 28.1 Å². The maximum Gasteiger partial charge on any atom is 0.352 e. The van der Waals surface area contributed by atoms with E-state index in [-0.39, 0.29) is 5.69 Å². The highest BCUT2D eigenvalue weighted by molar-refractivity contribution is 7.18. The van der Waals surface area contributed by atoms with E-state index in [2.05, 4.69) is 4.98 Å². The summed E-state index contributed by atoms with van der Waals surface area (Å²) in [5.74, 6) is 0. The maximum absolute atomic E-state index is 11.4. The summed E-state index contributed by atoms with van der Waals surface area (Å²) in [7, 11) is 0. The van der Waals surface area contributed by atoms with Crippen LogP contribution in [0.4, 0.5) is 0 Å². The Morgan fingerprint density at radius 1 is 1.29 bits per heavy atom. The van der Waals surface area contributed by atoms with Crippen LogP contribution in [0.3, 0.4) is 0 Å². The minimum absolute atomic E-state index is 0.224. The standard InChI is InChI=1S/C10H6N2OS/c13-10-11-4-1-8-9-7(3-6-14-9)2-5-12(8)10/h1-6H. The van der Waals surface area contributed by atoms with Crippen molar-refractivity contribution in [2.45, 2.75) is 0 Å². The van der Waals surface area contributed by atoms with Crippen molar-refractivity contribution in [3.8, 4) is 0 Å². The van der Waals surface area contributed by atoms with Gasteiger partial charge in [0, 0.05) is 12.4 Å². The highest BCUT2D eigenvalue weighted by Gasteiger charge is 2.01. The van der Waals surface area contributed by atoms with Gasteiger partial charge in [0.2, 0.25) is 0 Å². The van der Waals surface area contributed by atoms with Crippen molar-refractivity contribution in [1.82, 2.24) is 9.38 Å². The van der Waals surface area contributed by atoms with E-state index in [0.717, 1.165) is 10.2 Å². The first-order valence-corrected chi connectivity index (χ1v) is 5.08. The SMILES string of the molecule is O=c1nccc2c3sccc3ccn12. The molecule has 0 radical (unpaired) electrons. The van der Waals surface area contributed by atoms with Gasteiger partial charge in [-0.25, -0.2) is 9.78 Å². The molecule has 0 saturated heterocycles. The Hall–Kier alpha value is -1.68. The second-order valence-electron chi connectivity index (χ2n) is 3.00. The van der Waals surface area contributed by atoms with E-state index >= 15 is 0 Å². The Morgan fingerprint density at radius 3 is 3.14 bits per heavy atom. The first-order chi connectivity index (χ1) is 6.86. The van der Waals surface area contributed by atoms with Crippen LogP contribution in [0.15, 0.2) is 40.8 Å². The van der Waals surface area contributed by atoms with Crippen LogP contribution in [-0.4, -0.2) is 9.38 Å². The number of fused-ring (bicyclic) bond motifs is 3. The Bertz CT molecular complexity index is 668. The largest absolute Gasteiger partial charge is 0.352 e. The molecule has 0 unspecified atom stereocenters. The number of hydrogen-bond donors (Lipinski definition) is 0. The summed E-state index contributed by atoms with van der Waals surface area (Å²) < 4.78 is 2.70. The monoisotopic (exact) mass is 202 g/mol. The molecule has 0 aromatic carbocycles. The van der Waals surface area contributed by atoms with Crippen molar-refractivity contribution in [2.75, 3.05) is 0 Å². The van der Waals surface area contributed by atoms with Gasteiger partial charge in [-0.05, 0) is 29.0 Å². The van der Waals surface area contributed by atoms with Crippen LogP contribution in [0, 0.1) is 0 Å². The molecule has 68 valence electrons. The molecule has 14 heavy (non-hydrogen) atoms. The van der Waals surface area contributed by atoms with Crippen molar-refractivity contribution < 1.29 is 0 Å². The van der Waals surface area contributed by atoms with Crippen LogP contribution >= 0.6 is 11.3 Å². The third-order valence-electron chi connectivity index (χ3n) is 2.21. The van der Waals surface area contributed by atoms with E-state index in [1.165, 1.54) is 5.39 Å². The van der Waals surface area contributed by atoms with E-state index in [1.807, 2.05) is 23.6 Å². The van der Waals surface area contributed by atoms with Gasteiger partial charge in [0.1, 0.15) is 0 Å². The summed E-state index contributed by atoms with van der Waals surface area (Å²) in [5, 5.41) is 3.19. The molecule has 0 atom stereocenters. The van der Waals surface area contributed by atoms with Gasteiger partial charge in [-0.3, -0.25) is 4.40 Å². The zero-order valence-electron chi connectivity index (χ0n) is 7.18. The van der Waals surface area contributed by atoms with Crippen molar-refractivity contribution >= 4 is 26.9 Å². The van der Waals surface area contributed by atoms with E-state index < -0.39 is 0 Å². The van der Waals surface area contributed by atoms with Crippen LogP contribution in [-0.2, 0) is 0 Å². The summed E-state index contributed by atoms with van der Waals surface area (Å²) in [6.45, 7) is 0. The summed E-state index contributed by atoms with van der Waals surface area (Å²) >= 11 is 1.64. The van der Waals surface area contributed by atoms with Crippen molar-refractivity contribution in [3.63, 3.8) is 0 Å². The average molecular weight is 202 g/mol. The number of thiophene rings is 1. The predicted octanol–water partition coefficient (Wildman–Crippen LogP) is 1.91. The molecule has 3 rings (SSSR count). The van der Waals surface area contributed by atoms with Gasteiger partial charge in [0.25, 0.3) is 0 Å². The zero-order chi connectivity index (χ0) is 9.54. The molecule has 0 N–H and O–H groups in total. The lowest BCUT2D eigenvalue weighted by Gasteiger charge is -1.99. The lowest BCUT2D eigenvalue weighted by atomic mass is 10.3. The minimum Gasteiger partial charge on any atom is -0.266 e. The van der Waals surface area contributed by atoms with Crippen LogP contribution < -0.4 is 5.69 Å². The maximum atomic E-state index is 11.4. The number of pyridine rings is 1. The third kappa shape index (κ3) is 0.914. The second kappa shape index (κ2) is 2.65. The molecule has 0 saturated carbocycles. The lowest BCUT2D eigenvalue weighted by molar-refractivity contribution is 1.00. The topological polar surface area (TPSA) is 34.4 Å². The highest BCUT2D eigenvalue weighted by atomic mass is 32.1. The molecular weight excluding hydrogens is 196 g/mol. The highest BCUT2D eigenvalue weighted by Crippen LogP contribution is 2.23. The fraction of sp³-hybridized carbons (Fsp3) is 0. The molecule has 3 aromatic heterocycles. The first-order valence-electron chi connectivity index (χ1n) is 4.20. The van der Waals surface area contributed by atoms with Gasteiger partial charge in [0.05, 0.1) is 10.2 Å². The molecular formula is C10H6N2OS. The summed E-state index contributed by atoms with van der Waals surface area (Å²) in [6, 6.07) is 5.84. The van der Waals surface area contributed by atoms with Crippen LogP contribution in [0.2, 0.25) is 0 Å². The van der Waals surface area contributed by atoms with Crippen molar-refractivity contribution in [2.24, 2.45) is 0 Å².